The van der Waals surface area contributed by atoms with Crippen LogP contribution < -0.4 is 0 Å². The van der Waals surface area contributed by atoms with Crippen LogP contribution in [0, 0.1) is 0 Å². The molecule has 0 unspecified atom stereocenters. The van der Waals surface area contributed by atoms with Crippen LogP contribution in [0.25, 0.3) is 5.69 Å². The van der Waals surface area contributed by atoms with Crippen LogP contribution in [0.5, 0.6) is 0 Å². The van der Waals surface area contributed by atoms with Gasteiger partial charge in [-0.1, -0.05) is 6.07 Å². The van der Waals surface area contributed by atoms with Crippen molar-refractivity contribution >= 4 is 0 Å². The SMILES string of the molecule is C[C@@H]1COCCN1Cc1nnnn1-c1cccc(C(F)(F)F)c1. The molecule has 6 nitrogen and oxygen atoms in total. The van der Waals surface area contributed by atoms with Gasteiger partial charge >= 0.3 is 6.18 Å². The highest BCUT2D eigenvalue weighted by molar-refractivity contribution is 5.36. The van der Waals surface area contributed by atoms with Crippen molar-refractivity contribution in [3.63, 3.8) is 0 Å². The third-order valence-electron chi connectivity index (χ3n) is 3.80. The zero-order valence-electron chi connectivity index (χ0n) is 12.5. The summed E-state index contributed by atoms with van der Waals surface area (Å²) in [4.78, 5) is 2.14. The second kappa shape index (κ2) is 6.25. The molecule has 0 aliphatic carbocycles. The molecular formula is C14H16F3N5O. The van der Waals surface area contributed by atoms with E-state index in [0.717, 1.165) is 18.7 Å². The lowest BCUT2D eigenvalue weighted by Crippen LogP contribution is -2.43. The van der Waals surface area contributed by atoms with Crippen LogP contribution in [0.3, 0.4) is 0 Å². The molecule has 1 fully saturated rings. The van der Waals surface area contributed by atoms with Gasteiger partial charge in [-0.25, -0.2) is 0 Å². The molecule has 0 bridgehead atoms. The van der Waals surface area contributed by atoms with Crippen molar-refractivity contribution in [1.82, 2.24) is 25.1 Å². The van der Waals surface area contributed by atoms with E-state index in [4.69, 9.17) is 4.74 Å². The van der Waals surface area contributed by atoms with Gasteiger partial charge in [0, 0.05) is 12.6 Å². The number of morpholine rings is 1. The van der Waals surface area contributed by atoms with Gasteiger partial charge in [-0.15, -0.1) is 5.10 Å². The summed E-state index contributed by atoms with van der Waals surface area (Å²) in [6.45, 7) is 4.45. The first-order chi connectivity index (χ1) is 10.9. The molecule has 1 aliphatic rings. The minimum Gasteiger partial charge on any atom is -0.379 e. The Balaban J connectivity index is 1.86. The lowest BCUT2D eigenvalue weighted by atomic mass is 10.2. The van der Waals surface area contributed by atoms with Crippen molar-refractivity contribution in [2.75, 3.05) is 19.8 Å². The molecule has 0 spiro atoms. The van der Waals surface area contributed by atoms with Crippen molar-refractivity contribution in [1.29, 1.82) is 0 Å². The van der Waals surface area contributed by atoms with E-state index in [9.17, 15) is 13.2 Å². The quantitative estimate of drug-likeness (QED) is 0.862. The first kappa shape index (κ1) is 15.9. The second-order valence-corrected chi connectivity index (χ2v) is 5.45. The highest BCUT2D eigenvalue weighted by Crippen LogP contribution is 2.30. The molecule has 1 aromatic carbocycles. The van der Waals surface area contributed by atoms with Crippen molar-refractivity contribution in [2.24, 2.45) is 0 Å². The number of hydrogen-bond donors (Lipinski definition) is 0. The van der Waals surface area contributed by atoms with Crippen LogP contribution in [-0.4, -0.2) is 50.9 Å². The summed E-state index contributed by atoms with van der Waals surface area (Å²) in [5.74, 6) is 0.498. The molecule has 23 heavy (non-hydrogen) atoms. The topological polar surface area (TPSA) is 56.1 Å². The molecule has 0 saturated carbocycles. The maximum Gasteiger partial charge on any atom is 0.416 e. The number of ether oxygens (including phenoxy) is 1. The van der Waals surface area contributed by atoms with E-state index in [1.807, 2.05) is 6.92 Å². The van der Waals surface area contributed by atoms with Gasteiger partial charge in [-0.05, 0) is 35.5 Å². The van der Waals surface area contributed by atoms with Gasteiger partial charge in [0.25, 0.3) is 0 Å². The Morgan fingerprint density at radius 2 is 2.17 bits per heavy atom. The minimum atomic E-state index is -4.40. The lowest BCUT2D eigenvalue weighted by Gasteiger charge is -2.32. The van der Waals surface area contributed by atoms with Crippen molar-refractivity contribution in [2.45, 2.75) is 25.7 Å². The highest BCUT2D eigenvalue weighted by Gasteiger charge is 2.31. The van der Waals surface area contributed by atoms with Gasteiger partial charge in [-0.2, -0.15) is 17.9 Å². The molecule has 1 aromatic heterocycles. The van der Waals surface area contributed by atoms with Gasteiger partial charge in [-0.3, -0.25) is 4.90 Å². The van der Waals surface area contributed by atoms with E-state index in [-0.39, 0.29) is 6.04 Å². The number of nitrogens with zero attached hydrogens (tertiary/aromatic N) is 5. The van der Waals surface area contributed by atoms with E-state index in [1.165, 1.54) is 10.7 Å². The molecule has 124 valence electrons. The molecule has 1 atom stereocenters. The summed E-state index contributed by atoms with van der Waals surface area (Å²) in [6, 6.07) is 5.18. The first-order valence-electron chi connectivity index (χ1n) is 7.22. The predicted molar refractivity (Wildman–Crippen MR) is 74.8 cm³/mol. The summed E-state index contributed by atoms with van der Waals surface area (Å²) in [5, 5.41) is 11.4. The summed E-state index contributed by atoms with van der Waals surface area (Å²) >= 11 is 0. The zero-order valence-corrected chi connectivity index (χ0v) is 12.5. The number of rotatable bonds is 3. The summed E-state index contributed by atoms with van der Waals surface area (Å²) in [7, 11) is 0. The molecule has 0 radical (unpaired) electrons. The minimum absolute atomic E-state index is 0.204. The van der Waals surface area contributed by atoms with Gasteiger partial charge in [0.2, 0.25) is 0 Å². The average molecular weight is 327 g/mol. The normalized spacial score (nSPS) is 19.9. The standard InChI is InChI=1S/C14H16F3N5O/c1-10-9-23-6-5-21(10)8-13-18-19-20-22(13)12-4-2-3-11(7-12)14(15,16)17/h2-4,7,10H,5-6,8-9H2,1H3/t10-/m1/s1. The molecule has 9 heteroatoms. The van der Waals surface area contributed by atoms with Crippen LogP contribution in [0.1, 0.15) is 18.3 Å². The maximum absolute atomic E-state index is 12.9. The molecule has 1 aliphatic heterocycles. The van der Waals surface area contributed by atoms with Crippen molar-refractivity contribution < 1.29 is 17.9 Å². The van der Waals surface area contributed by atoms with Crippen molar-refractivity contribution in [3.8, 4) is 5.69 Å². The van der Waals surface area contributed by atoms with E-state index >= 15 is 0 Å². The van der Waals surface area contributed by atoms with E-state index in [0.29, 0.717) is 31.3 Å². The number of tetrazole rings is 1. The van der Waals surface area contributed by atoms with Crippen LogP contribution >= 0.6 is 0 Å². The molecule has 2 heterocycles. The summed E-state index contributed by atoms with van der Waals surface area (Å²) in [5.41, 5.74) is -0.433. The Labute approximate surface area is 130 Å². The molecule has 0 N–H and O–H groups in total. The van der Waals surface area contributed by atoms with Gasteiger partial charge in [0.15, 0.2) is 5.82 Å². The van der Waals surface area contributed by atoms with Crippen LogP contribution in [0.15, 0.2) is 24.3 Å². The van der Waals surface area contributed by atoms with Crippen LogP contribution in [0.4, 0.5) is 13.2 Å². The fourth-order valence-corrected chi connectivity index (χ4v) is 2.50. The number of aromatic nitrogens is 4. The van der Waals surface area contributed by atoms with Crippen LogP contribution in [-0.2, 0) is 17.5 Å². The maximum atomic E-state index is 12.9. The second-order valence-electron chi connectivity index (χ2n) is 5.45. The smallest absolute Gasteiger partial charge is 0.379 e. The van der Waals surface area contributed by atoms with Gasteiger partial charge in [0.05, 0.1) is 31.0 Å². The van der Waals surface area contributed by atoms with E-state index < -0.39 is 11.7 Å². The summed E-state index contributed by atoms with van der Waals surface area (Å²) < 4.78 is 45.3. The Hall–Kier alpha value is -2.00. The van der Waals surface area contributed by atoms with Crippen LogP contribution in [0.2, 0.25) is 0 Å². The number of alkyl halides is 3. The fraction of sp³-hybridized carbons (Fsp3) is 0.500. The fourth-order valence-electron chi connectivity index (χ4n) is 2.50. The van der Waals surface area contributed by atoms with Crippen molar-refractivity contribution in [3.05, 3.63) is 35.7 Å². The molecule has 3 rings (SSSR count). The third kappa shape index (κ3) is 3.50. The van der Waals surface area contributed by atoms with E-state index in [1.54, 1.807) is 6.07 Å². The Morgan fingerprint density at radius 3 is 2.91 bits per heavy atom. The van der Waals surface area contributed by atoms with E-state index in [2.05, 4.69) is 20.4 Å². The monoisotopic (exact) mass is 327 g/mol. The largest absolute Gasteiger partial charge is 0.416 e. The predicted octanol–water partition coefficient (Wildman–Crippen LogP) is 1.90. The third-order valence-corrected chi connectivity index (χ3v) is 3.80. The zero-order chi connectivity index (χ0) is 16.4. The molecular weight excluding hydrogens is 311 g/mol. The number of benzene rings is 1. The molecule has 2 aromatic rings. The Kier molecular flexibility index (Phi) is 4.31. The van der Waals surface area contributed by atoms with Gasteiger partial charge in [0.1, 0.15) is 0 Å². The Bertz CT molecular complexity index is 672. The number of halogens is 3. The highest BCUT2D eigenvalue weighted by atomic mass is 19.4. The van der Waals surface area contributed by atoms with Gasteiger partial charge < -0.3 is 4.74 Å². The Morgan fingerprint density at radius 1 is 1.35 bits per heavy atom. The number of hydrogen-bond acceptors (Lipinski definition) is 5. The first-order valence-corrected chi connectivity index (χ1v) is 7.22. The summed E-state index contributed by atoms with van der Waals surface area (Å²) in [6.07, 6.45) is -4.40. The molecule has 1 saturated heterocycles. The average Bonchev–Trinajstić information content (AvgIpc) is 2.97. The molecule has 0 amide bonds. The lowest BCUT2D eigenvalue weighted by molar-refractivity contribution is -0.137.